The first-order valence-corrected chi connectivity index (χ1v) is 5.57. The number of hydrogen-bond acceptors (Lipinski definition) is 2. The van der Waals surface area contributed by atoms with E-state index in [1.54, 1.807) is 30.3 Å². The summed E-state index contributed by atoms with van der Waals surface area (Å²) in [6.45, 7) is 2.23. The molecule has 0 bridgehead atoms. The first kappa shape index (κ1) is 12.1. The Morgan fingerprint density at radius 3 is 2.50 bits per heavy atom. The van der Waals surface area contributed by atoms with Crippen LogP contribution in [0.25, 0.3) is 0 Å². The van der Waals surface area contributed by atoms with E-state index in [1.165, 1.54) is 12.1 Å². The Hall–Kier alpha value is -2.34. The molecule has 2 rings (SSSR count). The first-order chi connectivity index (χ1) is 8.69. The summed E-state index contributed by atoms with van der Waals surface area (Å²) in [5.74, 6) is 0.451. The van der Waals surface area contributed by atoms with E-state index in [4.69, 9.17) is 10.00 Å². The van der Waals surface area contributed by atoms with Crippen LogP contribution in [0.4, 0.5) is 4.39 Å². The molecule has 0 aromatic heterocycles. The van der Waals surface area contributed by atoms with E-state index in [9.17, 15) is 4.39 Å². The van der Waals surface area contributed by atoms with Gasteiger partial charge in [0.2, 0.25) is 0 Å². The van der Waals surface area contributed by atoms with Crippen LogP contribution < -0.4 is 4.74 Å². The summed E-state index contributed by atoms with van der Waals surface area (Å²) in [4.78, 5) is 0. The number of nitriles is 1. The molecule has 3 heteroatoms. The van der Waals surface area contributed by atoms with E-state index in [2.05, 4.69) is 0 Å². The molecule has 90 valence electrons. The fourth-order valence-electron chi connectivity index (χ4n) is 1.61. The minimum absolute atomic E-state index is 0.241. The summed E-state index contributed by atoms with van der Waals surface area (Å²) < 4.78 is 18.5. The Morgan fingerprint density at radius 1 is 1.17 bits per heavy atom. The van der Waals surface area contributed by atoms with Gasteiger partial charge in [-0.05, 0) is 54.4 Å². The second-order valence-corrected chi connectivity index (χ2v) is 4.00. The monoisotopic (exact) mass is 241 g/mol. The average molecular weight is 241 g/mol. The van der Waals surface area contributed by atoms with Crippen molar-refractivity contribution in [2.75, 3.05) is 0 Å². The van der Waals surface area contributed by atoms with Crippen molar-refractivity contribution < 1.29 is 9.13 Å². The molecule has 0 unspecified atom stereocenters. The smallest absolute Gasteiger partial charge is 0.123 e. The SMILES string of the molecule is Cc1cc(F)ccc1COc1ccc(C#N)cc1. The number of benzene rings is 2. The highest BCUT2D eigenvalue weighted by Gasteiger charge is 2.01. The maximum Gasteiger partial charge on any atom is 0.123 e. The van der Waals surface area contributed by atoms with Gasteiger partial charge in [0.15, 0.2) is 0 Å². The van der Waals surface area contributed by atoms with Crippen LogP contribution in [0.5, 0.6) is 5.75 Å². The maximum absolute atomic E-state index is 12.9. The third-order valence-electron chi connectivity index (χ3n) is 2.68. The Kier molecular flexibility index (Phi) is 3.59. The minimum atomic E-state index is -0.241. The van der Waals surface area contributed by atoms with E-state index in [-0.39, 0.29) is 5.82 Å². The summed E-state index contributed by atoms with van der Waals surface area (Å²) in [7, 11) is 0. The number of aryl methyl sites for hydroxylation is 1. The van der Waals surface area contributed by atoms with Crippen molar-refractivity contribution in [3.8, 4) is 11.8 Å². The summed E-state index contributed by atoms with van der Waals surface area (Å²) in [6, 6.07) is 13.6. The lowest BCUT2D eigenvalue weighted by molar-refractivity contribution is 0.305. The van der Waals surface area contributed by atoms with Crippen molar-refractivity contribution in [1.82, 2.24) is 0 Å². The van der Waals surface area contributed by atoms with Gasteiger partial charge in [-0.3, -0.25) is 0 Å². The lowest BCUT2D eigenvalue weighted by atomic mass is 10.1. The van der Waals surface area contributed by atoms with Crippen molar-refractivity contribution in [3.63, 3.8) is 0 Å². The minimum Gasteiger partial charge on any atom is -0.489 e. The fourth-order valence-corrected chi connectivity index (χ4v) is 1.61. The van der Waals surface area contributed by atoms with Gasteiger partial charge in [-0.1, -0.05) is 6.07 Å². The van der Waals surface area contributed by atoms with Crippen LogP contribution in [0, 0.1) is 24.1 Å². The zero-order chi connectivity index (χ0) is 13.0. The fraction of sp³-hybridized carbons (Fsp3) is 0.133. The van der Waals surface area contributed by atoms with Crippen LogP contribution in [-0.4, -0.2) is 0 Å². The average Bonchev–Trinajstić information content (AvgIpc) is 2.38. The predicted molar refractivity (Wildman–Crippen MR) is 66.6 cm³/mol. The molecule has 0 heterocycles. The van der Waals surface area contributed by atoms with E-state index in [0.717, 1.165) is 11.1 Å². The Balaban J connectivity index is 2.04. The van der Waals surface area contributed by atoms with E-state index < -0.39 is 0 Å². The van der Waals surface area contributed by atoms with Gasteiger partial charge in [-0.25, -0.2) is 4.39 Å². The summed E-state index contributed by atoms with van der Waals surface area (Å²) in [5.41, 5.74) is 2.41. The van der Waals surface area contributed by atoms with Crippen molar-refractivity contribution in [2.45, 2.75) is 13.5 Å². The van der Waals surface area contributed by atoms with Gasteiger partial charge in [-0.15, -0.1) is 0 Å². The second kappa shape index (κ2) is 5.33. The predicted octanol–water partition coefficient (Wildman–Crippen LogP) is 3.58. The molecule has 0 saturated heterocycles. The molecule has 0 fully saturated rings. The van der Waals surface area contributed by atoms with Crippen LogP contribution >= 0.6 is 0 Å². The van der Waals surface area contributed by atoms with E-state index in [1.807, 2.05) is 13.0 Å². The molecule has 18 heavy (non-hydrogen) atoms. The third kappa shape index (κ3) is 2.86. The van der Waals surface area contributed by atoms with Crippen LogP contribution in [0.15, 0.2) is 42.5 Å². The zero-order valence-corrected chi connectivity index (χ0v) is 9.98. The lowest BCUT2D eigenvalue weighted by Gasteiger charge is -2.08. The van der Waals surface area contributed by atoms with Crippen LogP contribution in [0.2, 0.25) is 0 Å². The number of nitrogens with zero attached hydrogens (tertiary/aromatic N) is 1. The molecule has 0 radical (unpaired) electrons. The summed E-state index contributed by atoms with van der Waals surface area (Å²) in [6.07, 6.45) is 0. The van der Waals surface area contributed by atoms with Crippen molar-refractivity contribution in [3.05, 3.63) is 65.0 Å². The highest BCUT2D eigenvalue weighted by atomic mass is 19.1. The topological polar surface area (TPSA) is 33.0 Å². The second-order valence-electron chi connectivity index (χ2n) is 4.00. The Labute approximate surface area is 105 Å². The molecule has 0 spiro atoms. The van der Waals surface area contributed by atoms with E-state index >= 15 is 0 Å². The molecule has 2 nitrogen and oxygen atoms in total. The molecule has 0 saturated carbocycles. The molecule has 2 aromatic rings. The highest BCUT2D eigenvalue weighted by Crippen LogP contribution is 2.16. The highest BCUT2D eigenvalue weighted by molar-refractivity contribution is 5.35. The summed E-state index contributed by atoms with van der Waals surface area (Å²) >= 11 is 0. The van der Waals surface area contributed by atoms with Crippen molar-refractivity contribution in [2.24, 2.45) is 0 Å². The Bertz CT molecular complexity index is 584. The molecule has 0 aliphatic carbocycles. The van der Waals surface area contributed by atoms with E-state index in [0.29, 0.717) is 17.9 Å². The molecule has 0 aliphatic rings. The van der Waals surface area contributed by atoms with Crippen LogP contribution in [-0.2, 0) is 6.61 Å². The quantitative estimate of drug-likeness (QED) is 0.822. The van der Waals surface area contributed by atoms with Gasteiger partial charge in [0.05, 0.1) is 11.6 Å². The van der Waals surface area contributed by atoms with Gasteiger partial charge < -0.3 is 4.74 Å². The van der Waals surface area contributed by atoms with Gasteiger partial charge in [0.25, 0.3) is 0 Å². The number of hydrogen-bond donors (Lipinski definition) is 0. The van der Waals surface area contributed by atoms with Gasteiger partial charge >= 0.3 is 0 Å². The molecule has 0 N–H and O–H groups in total. The molecular formula is C15H12FNO. The molecule has 2 aromatic carbocycles. The molecule has 0 aliphatic heterocycles. The Morgan fingerprint density at radius 2 is 1.89 bits per heavy atom. The first-order valence-electron chi connectivity index (χ1n) is 5.57. The van der Waals surface area contributed by atoms with Crippen LogP contribution in [0.1, 0.15) is 16.7 Å². The van der Waals surface area contributed by atoms with Crippen LogP contribution in [0.3, 0.4) is 0 Å². The van der Waals surface area contributed by atoms with Crippen molar-refractivity contribution >= 4 is 0 Å². The summed E-state index contributed by atoms with van der Waals surface area (Å²) in [5, 5.41) is 8.67. The maximum atomic E-state index is 12.9. The number of halogens is 1. The normalized spacial score (nSPS) is 9.83. The zero-order valence-electron chi connectivity index (χ0n) is 9.98. The third-order valence-corrected chi connectivity index (χ3v) is 2.68. The van der Waals surface area contributed by atoms with Gasteiger partial charge in [-0.2, -0.15) is 5.26 Å². The lowest BCUT2D eigenvalue weighted by Crippen LogP contribution is -1.98. The van der Waals surface area contributed by atoms with Gasteiger partial charge in [0.1, 0.15) is 18.2 Å². The molecule has 0 atom stereocenters. The largest absolute Gasteiger partial charge is 0.489 e. The molecule has 0 amide bonds. The molecular weight excluding hydrogens is 229 g/mol. The van der Waals surface area contributed by atoms with Crippen molar-refractivity contribution in [1.29, 1.82) is 5.26 Å². The number of ether oxygens (including phenoxy) is 1. The number of rotatable bonds is 3. The van der Waals surface area contributed by atoms with Gasteiger partial charge in [0, 0.05) is 0 Å². The standard InChI is InChI=1S/C15H12FNO/c1-11-8-14(16)5-4-13(11)10-18-15-6-2-12(9-17)3-7-15/h2-8H,10H2,1H3.